The van der Waals surface area contributed by atoms with Crippen LogP contribution in [-0.4, -0.2) is 48.2 Å². The van der Waals surface area contributed by atoms with Gasteiger partial charge in [-0.15, -0.1) is 0 Å². The topological polar surface area (TPSA) is 46.8 Å². The summed E-state index contributed by atoms with van der Waals surface area (Å²) in [6.07, 6.45) is 1.71. The smallest absolute Gasteiger partial charge is 0.162 e. The van der Waals surface area contributed by atoms with E-state index in [1.807, 2.05) is 18.8 Å². The minimum atomic E-state index is 0.290. The van der Waals surface area contributed by atoms with E-state index >= 15 is 0 Å². The molecule has 3 heterocycles. The van der Waals surface area contributed by atoms with E-state index in [2.05, 4.69) is 33.8 Å². The molecule has 0 N–H and O–H groups in total. The summed E-state index contributed by atoms with van der Waals surface area (Å²) in [4.78, 5) is 11.4. The van der Waals surface area contributed by atoms with Crippen LogP contribution >= 0.6 is 23.4 Å². The molecule has 0 aromatic carbocycles. The second-order valence-electron chi connectivity index (χ2n) is 5.75. The molecule has 1 aliphatic rings. The predicted molar refractivity (Wildman–Crippen MR) is 83.1 cm³/mol. The Morgan fingerprint density at radius 1 is 1.40 bits per heavy atom. The summed E-state index contributed by atoms with van der Waals surface area (Å²) >= 11 is 8.24. The monoisotopic (exact) mass is 311 g/mol. The lowest BCUT2D eigenvalue weighted by Crippen LogP contribution is -2.42. The number of rotatable bonds is 2. The first-order valence-corrected chi connectivity index (χ1v) is 8.01. The van der Waals surface area contributed by atoms with Gasteiger partial charge in [-0.05, 0) is 13.8 Å². The normalized spacial score (nSPS) is 19.6. The molecular weight excluding hydrogens is 294 g/mol. The number of nitrogens with zero attached hydrogens (tertiary/aromatic N) is 5. The molecule has 2 aromatic heterocycles. The highest BCUT2D eigenvalue weighted by Crippen LogP contribution is 2.30. The Balaban J connectivity index is 1.85. The summed E-state index contributed by atoms with van der Waals surface area (Å²) < 4.78 is 2.03. The van der Waals surface area contributed by atoms with Crippen molar-refractivity contribution >= 4 is 34.4 Å². The Kier molecular flexibility index (Phi) is 3.64. The van der Waals surface area contributed by atoms with Crippen LogP contribution in [0, 0.1) is 0 Å². The molecule has 0 saturated carbocycles. The largest absolute Gasteiger partial charge is 0.294 e. The first-order valence-electron chi connectivity index (χ1n) is 6.65. The number of halogens is 1. The van der Waals surface area contributed by atoms with E-state index in [1.165, 1.54) is 0 Å². The lowest BCUT2D eigenvalue weighted by Gasteiger charge is -2.37. The van der Waals surface area contributed by atoms with Crippen molar-refractivity contribution in [3.63, 3.8) is 0 Å². The predicted octanol–water partition coefficient (Wildman–Crippen LogP) is 2.34. The quantitative estimate of drug-likeness (QED) is 0.797. The molecule has 0 atom stereocenters. The van der Waals surface area contributed by atoms with Crippen molar-refractivity contribution in [2.24, 2.45) is 7.05 Å². The van der Waals surface area contributed by atoms with Gasteiger partial charge in [0.2, 0.25) is 0 Å². The van der Waals surface area contributed by atoms with Gasteiger partial charge in [-0.2, -0.15) is 16.9 Å². The van der Waals surface area contributed by atoms with Crippen LogP contribution in [0.3, 0.4) is 0 Å². The van der Waals surface area contributed by atoms with Gasteiger partial charge in [-0.25, -0.2) is 9.97 Å². The third-order valence-corrected chi connectivity index (χ3v) is 5.05. The summed E-state index contributed by atoms with van der Waals surface area (Å²) in [6.45, 7) is 7.41. The van der Waals surface area contributed by atoms with Crippen LogP contribution in [0.25, 0.3) is 11.0 Å². The molecule has 3 rings (SSSR count). The molecule has 0 radical (unpaired) electrons. The molecule has 20 heavy (non-hydrogen) atoms. The van der Waals surface area contributed by atoms with Gasteiger partial charge in [-0.1, -0.05) is 11.6 Å². The summed E-state index contributed by atoms with van der Waals surface area (Å²) in [7, 11) is 1.87. The van der Waals surface area contributed by atoms with Crippen LogP contribution in [0.5, 0.6) is 0 Å². The van der Waals surface area contributed by atoms with E-state index in [4.69, 9.17) is 11.6 Å². The molecule has 0 unspecified atom stereocenters. The van der Waals surface area contributed by atoms with Crippen LogP contribution in [0.2, 0.25) is 5.15 Å². The molecule has 0 amide bonds. The fraction of sp³-hybridized carbons (Fsp3) is 0.615. The van der Waals surface area contributed by atoms with Gasteiger partial charge in [0.1, 0.15) is 11.0 Å². The maximum Gasteiger partial charge on any atom is 0.162 e. The Hall–Kier alpha value is -0.850. The number of fused-ring (bicyclic) bond motifs is 1. The number of thioether (sulfide) groups is 1. The van der Waals surface area contributed by atoms with Gasteiger partial charge in [0.05, 0.1) is 18.1 Å². The van der Waals surface area contributed by atoms with Crippen molar-refractivity contribution in [2.45, 2.75) is 25.1 Å². The molecular formula is C13H18ClN5S. The number of aryl methyl sites for hydroxylation is 1. The van der Waals surface area contributed by atoms with Gasteiger partial charge in [0, 0.05) is 30.6 Å². The summed E-state index contributed by atoms with van der Waals surface area (Å²) in [5, 5.41) is 5.48. The average molecular weight is 312 g/mol. The fourth-order valence-electron chi connectivity index (χ4n) is 2.55. The second kappa shape index (κ2) is 5.16. The van der Waals surface area contributed by atoms with Gasteiger partial charge in [0.25, 0.3) is 0 Å². The SMILES string of the molecule is Cn1ncc2c(Cl)nc(CN3CCSC(C)(C)C3)nc21. The van der Waals surface area contributed by atoms with Gasteiger partial charge < -0.3 is 0 Å². The third kappa shape index (κ3) is 2.77. The Labute approximate surface area is 127 Å². The third-order valence-electron chi connectivity index (χ3n) is 3.46. The summed E-state index contributed by atoms with van der Waals surface area (Å²) in [5.41, 5.74) is 0.797. The van der Waals surface area contributed by atoms with Crippen molar-refractivity contribution in [3.05, 3.63) is 17.2 Å². The van der Waals surface area contributed by atoms with Gasteiger partial charge >= 0.3 is 0 Å². The molecule has 1 fully saturated rings. The first kappa shape index (κ1) is 14.1. The number of aromatic nitrogens is 4. The zero-order valence-corrected chi connectivity index (χ0v) is 13.5. The minimum absolute atomic E-state index is 0.290. The van der Waals surface area contributed by atoms with E-state index in [1.54, 1.807) is 10.9 Å². The van der Waals surface area contributed by atoms with Gasteiger partial charge in [-0.3, -0.25) is 9.58 Å². The van der Waals surface area contributed by atoms with Crippen molar-refractivity contribution in [3.8, 4) is 0 Å². The molecule has 7 heteroatoms. The molecule has 108 valence electrons. The van der Waals surface area contributed by atoms with Crippen molar-refractivity contribution in [2.75, 3.05) is 18.8 Å². The molecule has 2 aromatic rings. The maximum absolute atomic E-state index is 6.22. The Bertz CT molecular complexity index is 639. The molecule has 5 nitrogen and oxygen atoms in total. The fourth-order valence-corrected chi connectivity index (χ4v) is 3.96. The van der Waals surface area contributed by atoms with Crippen LogP contribution in [-0.2, 0) is 13.6 Å². The highest BCUT2D eigenvalue weighted by atomic mass is 35.5. The van der Waals surface area contributed by atoms with Crippen molar-refractivity contribution in [1.29, 1.82) is 0 Å². The molecule has 1 aliphatic heterocycles. The van der Waals surface area contributed by atoms with Gasteiger partial charge in [0.15, 0.2) is 5.65 Å². The molecule has 0 aliphatic carbocycles. The molecule has 0 bridgehead atoms. The Morgan fingerprint density at radius 3 is 2.95 bits per heavy atom. The minimum Gasteiger partial charge on any atom is -0.294 e. The van der Waals surface area contributed by atoms with E-state index in [0.717, 1.165) is 42.2 Å². The van der Waals surface area contributed by atoms with E-state index < -0.39 is 0 Å². The lowest BCUT2D eigenvalue weighted by molar-refractivity contribution is 0.247. The molecule has 1 saturated heterocycles. The van der Waals surface area contributed by atoms with Crippen molar-refractivity contribution < 1.29 is 0 Å². The van der Waals surface area contributed by atoms with Crippen LogP contribution in [0.15, 0.2) is 6.20 Å². The summed E-state index contributed by atoms with van der Waals surface area (Å²) in [6, 6.07) is 0. The Morgan fingerprint density at radius 2 is 2.20 bits per heavy atom. The van der Waals surface area contributed by atoms with E-state index in [-0.39, 0.29) is 0 Å². The van der Waals surface area contributed by atoms with Crippen LogP contribution < -0.4 is 0 Å². The van der Waals surface area contributed by atoms with Crippen LogP contribution in [0.1, 0.15) is 19.7 Å². The highest BCUT2D eigenvalue weighted by molar-refractivity contribution is 8.00. The van der Waals surface area contributed by atoms with E-state index in [0.29, 0.717) is 9.90 Å². The molecule has 0 spiro atoms. The lowest BCUT2D eigenvalue weighted by atomic mass is 10.2. The summed E-state index contributed by atoms with van der Waals surface area (Å²) in [5.74, 6) is 1.92. The van der Waals surface area contributed by atoms with Crippen LogP contribution in [0.4, 0.5) is 0 Å². The number of hydrogen-bond donors (Lipinski definition) is 0. The number of hydrogen-bond acceptors (Lipinski definition) is 5. The zero-order valence-electron chi connectivity index (χ0n) is 11.9. The van der Waals surface area contributed by atoms with E-state index in [9.17, 15) is 0 Å². The highest BCUT2D eigenvalue weighted by Gasteiger charge is 2.27. The average Bonchev–Trinajstić information content (AvgIpc) is 2.70. The van der Waals surface area contributed by atoms with Crippen molar-refractivity contribution in [1.82, 2.24) is 24.6 Å². The zero-order chi connectivity index (χ0) is 14.3. The second-order valence-corrected chi connectivity index (χ2v) is 7.92. The maximum atomic E-state index is 6.22. The standard InChI is InChI=1S/C13H18ClN5S/c1-13(2)8-19(4-5-20-13)7-10-16-11(14)9-6-15-18(3)12(9)17-10/h6H,4-5,7-8H2,1-3H3. The first-order chi connectivity index (χ1) is 9.44.